The number of fused-ring (bicyclic) bond motifs is 6. The van der Waals surface area contributed by atoms with E-state index in [1.54, 1.807) is 28.8 Å². The molecular formula is C34H34Cl2Zr. The Morgan fingerprint density at radius 1 is 0.486 bits per heavy atom. The monoisotopic (exact) mass is 602 g/mol. The first kappa shape index (κ1) is 28.4. The van der Waals surface area contributed by atoms with Crippen molar-refractivity contribution in [1.82, 2.24) is 0 Å². The van der Waals surface area contributed by atoms with Gasteiger partial charge in [-0.2, -0.15) is 0 Å². The summed E-state index contributed by atoms with van der Waals surface area (Å²) in [6.45, 7) is 14.5. The molecule has 0 radical (unpaired) electrons. The van der Waals surface area contributed by atoms with Crippen LogP contribution in [0.4, 0.5) is 0 Å². The summed E-state index contributed by atoms with van der Waals surface area (Å²) >= 11 is -1.03. The second-order valence-corrected chi connectivity index (χ2v) is 15.6. The van der Waals surface area contributed by atoms with Crippen molar-refractivity contribution in [1.29, 1.82) is 0 Å². The second kappa shape index (κ2) is 10.1. The summed E-state index contributed by atoms with van der Waals surface area (Å²) in [6.07, 6.45) is 2.16. The van der Waals surface area contributed by atoms with Gasteiger partial charge in [-0.05, 0) is 0 Å². The Morgan fingerprint density at radius 2 is 0.865 bits per heavy atom. The van der Waals surface area contributed by atoms with Crippen molar-refractivity contribution >= 4 is 6.54 Å². The van der Waals surface area contributed by atoms with E-state index in [9.17, 15) is 0 Å². The zero-order valence-electron chi connectivity index (χ0n) is 22.6. The Labute approximate surface area is 246 Å². The van der Waals surface area contributed by atoms with Crippen LogP contribution in [0.3, 0.4) is 0 Å². The topological polar surface area (TPSA) is 0 Å². The summed E-state index contributed by atoms with van der Waals surface area (Å²) in [7, 11) is 0. The number of halogens is 2. The third-order valence-corrected chi connectivity index (χ3v) is 11.1. The van der Waals surface area contributed by atoms with Gasteiger partial charge >= 0.3 is 223 Å². The number of benzene rings is 4. The minimum Gasteiger partial charge on any atom is -1.00 e. The van der Waals surface area contributed by atoms with E-state index >= 15 is 0 Å². The molecule has 0 aromatic heterocycles. The van der Waals surface area contributed by atoms with E-state index in [1.807, 2.05) is 0 Å². The Kier molecular flexibility index (Phi) is 7.78. The quantitative estimate of drug-likeness (QED) is 0.281. The van der Waals surface area contributed by atoms with Crippen molar-refractivity contribution in [3.63, 3.8) is 0 Å². The summed E-state index contributed by atoms with van der Waals surface area (Å²) in [5, 5.41) is 0. The molecule has 2 aliphatic carbocycles. The predicted octanol–water partition coefficient (Wildman–Crippen LogP) is 1.47. The summed E-state index contributed by atoms with van der Waals surface area (Å²) in [5.74, 6) is 0. The van der Waals surface area contributed by atoms with Gasteiger partial charge in [-0.3, -0.25) is 0 Å². The van der Waals surface area contributed by atoms with Gasteiger partial charge in [0.05, 0.1) is 0 Å². The Hall–Kier alpha value is -1.66. The van der Waals surface area contributed by atoms with Crippen molar-refractivity contribution < 1.29 is 48.0 Å². The van der Waals surface area contributed by atoms with Crippen molar-refractivity contribution in [2.45, 2.75) is 65.2 Å². The fourth-order valence-corrected chi connectivity index (χ4v) is 11.2. The Bertz CT molecular complexity index is 1370. The fraction of sp³-hybridized carbons (Fsp3) is 0.294. The third-order valence-electron chi connectivity index (χ3n) is 7.74. The molecule has 0 N–H and O–H groups in total. The summed E-state index contributed by atoms with van der Waals surface area (Å²) in [4.78, 5) is 0. The minimum atomic E-state index is -1.03. The van der Waals surface area contributed by atoms with Gasteiger partial charge in [0.2, 0.25) is 0 Å². The Balaban J connectivity index is 0.00000160. The molecule has 0 spiro atoms. The molecule has 4 aromatic rings. The SMILES string of the molecule is CC(C)(C)c1[c]([Zr+2][c]2ccc3c(c2C(C)(C)C)Cc2ccccc2-3)ccc2c1Cc1ccccc1-2.[Cl-].[Cl-]. The van der Waals surface area contributed by atoms with Crippen molar-refractivity contribution in [3.05, 3.63) is 106 Å². The number of hydrogen-bond acceptors (Lipinski definition) is 0. The molecule has 0 atom stereocenters. The first-order valence-electron chi connectivity index (χ1n) is 12.9. The van der Waals surface area contributed by atoms with E-state index in [1.165, 1.54) is 33.4 Å². The van der Waals surface area contributed by atoms with Crippen LogP contribution in [0.1, 0.15) is 74.9 Å². The van der Waals surface area contributed by atoms with Gasteiger partial charge in [0.25, 0.3) is 0 Å². The average molecular weight is 605 g/mol. The molecule has 2 aliphatic rings. The van der Waals surface area contributed by atoms with Crippen LogP contribution >= 0.6 is 0 Å². The largest absolute Gasteiger partial charge is 1.00 e. The molecule has 0 nitrogen and oxygen atoms in total. The van der Waals surface area contributed by atoms with Crippen molar-refractivity contribution in [2.24, 2.45) is 0 Å². The zero-order valence-corrected chi connectivity index (χ0v) is 26.6. The molecular weight excluding hydrogens is 571 g/mol. The minimum absolute atomic E-state index is 0. The molecule has 0 bridgehead atoms. The van der Waals surface area contributed by atoms with Crippen LogP contribution in [0.5, 0.6) is 0 Å². The molecule has 4 aromatic carbocycles. The zero-order chi connectivity index (χ0) is 24.5. The first-order chi connectivity index (χ1) is 16.6. The second-order valence-electron chi connectivity index (χ2n) is 12.3. The van der Waals surface area contributed by atoms with Gasteiger partial charge in [0.1, 0.15) is 0 Å². The summed E-state index contributed by atoms with van der Waals surface area (Å²) in [6, 6.07) is 27.9. The van der Waals surface area contributed by atoms with E-state index in [0.29, 0.717) is 0 Å². The molecule has 6 rings (SSSR count). The molecule has 0 aliphatic heterocycles. The molecule has 188 valence electrons. The predicted molar refractivity (Wildman–Crippen MR) is 146 cm³/mol. The molecule has 0 saturated heterocycles. The molecule has 3 heteroatoms. The van der Waals surface area contributed by atoms with Gasteiger partial charge in [0, 0.05) is 0 Å². The van der Waals surface area contributed by atoms with Crippen molar-refractivity contribution in [3.8, 4) is 22.3 Å². The molecule has 0 unspecified atom stereocenters. The Morgan fingerprint density at radius 3 is 1.24 bits per heavy atom. The standard InChI is InChI=1S/2C17H17.2ClH.Zr/c2*1-17(2,3)16-10-6-9-14-13-8-5-4-7-12(13)11-15(14)16;;;/h2*4-9H,11H2,1-3H3;2*1H;/q;;;;+2/p-2. The van der Waals surface area contributed by atoms with E-state index in [0.717, 1.165) is 12.8 Å². The van der Waals surface area contributed by atoms with E-state index < -0.39 is 23.2 Å². The van der Waals surface area contributed by atoms with Crippen LogP contribution in [0.25, 0.3) is 22.3 Å². The van der Waals surface area contributed by atoms with E-state index in [-0.39, 0.29) is 35.6 Å². The van der Waals surface area contributed by atoms with Crippen LogP contribution in [0.2, 0.25) is 0 Å². The van der Waals surface area contributed by atoms with E-state index in [4.69, 9.17) is 0 Å². The molecule has 0 amide bonds. The fourth-order valence-electron chi connectivity index (χ4n) is 6.49. The van der Waals surface area contributed by atoms with Crippen LogP contribution in [0, 0.1) is 0 Å². The summed E-state index contributed by atoms with van der Waals surface area (Å²) in [5.41, 5.74) is 15.5. The third kappa shape index (κ3) is 4.82. The number of hydrogen-bond donors (Lipinski definition) is 0. The molecule has 0 heterocycles. The van der Waals surface area contributed by atoms with Crippen LogP contribution < -0.4 is 31.4 Å². The van der Waals surface area contributed by atoms with Gasteiger partial charge < -0.3 is 24.8 Å². The van der Waals surface area contributed by atoms with Crippen LogP contribution in [0.15, 0.2) is 72.8 Å². The average Bonchev–Trinajstić information content (AvgIpc) is 3.35. The maximum absolute atomic E-state index is 2.50. The maximum atomic E-state index is 2.50. The van der Waals surface area contributed by atoms with Crippen LogP contribution in [-0.4, -0.2) is 0 Å². The van der Waals surface area contributed by atoms with Gasteiger partial charge in [-0.15, -0.1) is 0 Å². The van der Waals surface area contributed by atoms with Gasteiger partial charge in [-0.25, -0.2) is 0 Å². The van der Waals surface area contributed by atoms with Crippen LogP contribution in [-0.2, 0) is 46.9 Å². The smallest absolute Gasteiger partial charge is 1.00 e. The van der Waals surface area contributed by atoms with Gasteiger partial charge in [-0.1, -0.05) is 0 Å². The molecule has 37 heavy (non-hydrogen) atoms. The summed E-state index contributed by atoms with van der Waals surface area (Å²) < 4.78 is 3.32. The maximum Gasteiger partial charge on any atom is -1.00 e. The van der Waals surface area contributed by atoms with E-state index in [2.05, 4.69) is 114 Å². The number of rotatable bonds is 2. The normalized spacial score (nSPS) is 12.9. The first-order valence-corrected chi connectivity index (χ1v) is 15.3. The van der Waals surface area contributed by atoms with Gasteiger partial charge in [0.15, 0.2) is 0 Å². The van der Waals surface area contributed by atoms with Crippen molar-refractivity contribution in [2.75, 3.05) is 0 Å². The molecule has 0 fully saturated rings. The molecule has 0 saturated carbocycles.